The van der Waals surface area contributed by atoms with Gasteiger partial charge in [-0.2, -0.15) is 0 Å². The van der Waals surface area contributed by atoms with E-state index in [2.05, 4.69) is 11.1 Å². The first-order valence-corrected chi connectivity index (χ1v) is 7.96. The average Bonchev–Trinajstić information content (AvgIpc) is 2.95. The van der Waals surface area contributed by atoms with Crippen LogP contribution in [0.25, 0.3) is 22.0 Å². The summed E-state index contributed by atoms with van der Waals surface area (Å²) in [5, 5.41) is 1.16. The first-order chi connectivity index (χ1) is 11.4. The maximum atomic E-state index is 11.8. The Balaban J connectivity index is 2.09. The molecule has 0 aliphatic heterocycles. The van der Waals surface area contributed by atoms with Gasteiger partial charge >= 0.3 is 5.97 Å². The molecule has 0 aliphatic carbocycles. The molecule has 0 radical (unpaired) electrons. The number of ether oxygens (including phenoxy) is 1. The highest BCUT2D eigenvalue weighted by Crippen LogP contribution is 2.31. The summed E-state index contributed by atoms with van der Waals surface area (Å²) in [5.74, 6) is -0.332. The minimum Gasteiger partial charge on any atom is -0.465 e. The summed E-state index contributed by atoms with van der Waals surface area (Å²) in [7, 11) is 1.39. The van der Waals surface area contributed by atoms with E-state index in [0.717, 1.165) is 28.5 Å². The van der Waals surface area contributed by atoms with E-state index >= 15 is 0 Å². The molecule has 0 saturated carbocycles. The number of hydrogen-bond donors (Lipinski definition) is 2. The molecule has 0 amide bonds. The molecular weight excluding hydrogens is 300 g/mol. The van der Waals surface area contributed by atoms with Crippen molar-refractivity contribution in [3.05, 3.63) is 59.8 Å². The van der Waals surface area contributed by atoms with Crippen molar-refractivity contribution >= 4 is 16.9 Å². The molecule has 4 heteroatoms. The molecule has 0 saturated heterocycles. The van der Waals surface area contributed by atoms with E-state index in [1.165, 1.54) is 12.7 Å². The van der Waals surface area contributed by atoms with Crippen LogP contribution in [0.4, 0.5) is 0 Å². The number of H-pyrrole nitrogens is 1. The Morgan fingerprint density at radius 1 is 1.21 bits per heavy atom. The predicted molar refractivity (Wildman–Crippen MR) is 97.0 cm³/mol. The van der Waals surface area contributed by atoms with Crippen LogP contribution >= 0.6 is 0 Å². The molecule has 0 fully saturated rings. The fourth-order valence-corrected chi connectivity index (χ4v) is 3.02. The van der Waals surface area contributed by atoms with Gasteiger partial charge in [0.25, 0.3) is 0 Å². The Hall–Kier alpha value is -2.59. The van der Waals surface area contributed by atoms with E-state index in [9.17, 15) is 4.79 Å². The van der Waals surface area contributed by atoms with Gasteiger partial charge in [-0.25, -0.2) is 4.79 Å². The Bertz CT molecular complexity index is 888. The van der Waals surface area contributed by atoms with Crippen molar-refractivity contribution in [3.8, 4) is 11.1 Å². The van der Waals surface area contributed by atoms with Crippen molar-refractivity contribution in [1.29, 1.82) is 0 Å². The van der Waals surface area contributed by atoms with Crippen LogP contribution in [0, 0.1) is 0 Å². The van der Waals surface area contributed by atoms with Crippen molar-refractivity contribution < 1.29 is 9.53 Å². The van der Waals surface area contributed by atoms with Crippen LogP contribution in [0.15, 0.2) is 48.7 Å². The molecule has 1 aromatic heterocycles. The summed E-state index contributed by atoms with van der Waals surface area (Å²) in [5.41, 5.74) is 10.7. The smallest absolute Gasteiger partial charge is 0.337 e. The highest BCUT2D eigenvalue weighted by Gasteiger charge is 2.16. The molecule has 124 valence electrons. The van der Waals surface area contributed by atoms with Crippen LogP contribution < -0.4 is 5.73 Å². The van der Waals surface area contributed by atoms with Crippen molar-refractivity contribution in [2.75, 3.05) is 7.11 Å². The fraction of sp³-hybridized carbons (Fsp3) is 0.250. The largest absolute Gasteiger partial charge is 0.465 e. The van der Waals surface area contributed by atoms with Gasteiger partial charge in [0.15, 0.2) is 0 Å². The summed E-state index contributed by atoms with van der Waals surface area (Å²) >= 11 is 0. The van der Waals surface area contributed by atoms with Crippen LogP contribution in [0.2, 0.25) is 0 Å². The van der Waals surface area contributed by atoms with Crippen LogP contribution in [-0.4, -0.2) is 23.6 Å². The lowest BCUT2D eigenvalue weighted by Gasteiger charge is -2.17. The fourth-order valence-electron chi connectivity index (χ4n) is 3.02. The minimum atomic E-state index is -0.332. The third kappa shape index (κ3) is 3.19. The zero-order valence-electron chi connectivity index (χ0n) is 14.2. The van der Waals surface area contributed by atoms with E-state index in [1.54, 1.807) is 6.07 Å². The molecule has 1 heterocycles. The molecule has 0 bridgehead atoms. The molecule has 3 rings (SSSR count). The van der Waals surface area contributed by atoms with Gasteiger partial charge in [-0.05, 0) is 43.5 Å². The van der Waals surface area contributed by atoms with Gasteiger partial charge in [0, 0.05) is 22.7 Å². The van der Waals surface area contributed by atoms with E-state index in [-0.39, 0.29) is 11.5 Å². The van der Waals surface area contributed by atoms with Crippen molar-refractivity contribution in [2.24, 2.45) is 5.73 Å². The first-order valence-electron chi connectivity index (χ1n) is 7.96. The van der Waals surface area contributed by atoms with Crippen LogP contribution in [0.5, 0.6) is 0 Å². The number of esters is 1. The molecule has 2 aromatic carbocycles. The number of benzene rings is 2. The first kappa shape index (κ1) is 16.3. The molecule has 0 atom stereocenters. The van der Waals surface area contributed by atoms with E-state index in [4.69, 9.17) is 10.5 Å². The summed E-state index contributed by atoms with van der Waals surface area (Å²) in [6, 6.07) is 13.7. The lowest BCUT2D eigenvalue weighted by Crippen LogP contribution is -2.34. The SMILES string of the molecule is COC(=O)c1cccc(-c2cccc3c(CC(C)(C)N)c[nH]c23)c1. The number of methoxy groups -OCH3 is 1. The second-order valence-corrected chi connectivity index (χ2v) is 6.78. The average molecular weight is 322 g/mol. The lowest BCUT2D eigenvalue weighted by atomic mass is 9.94. The number of aromatic nitrogens is 1. The van der Waals surface area contributed by atoms with Gasteiger partial charge in [-0.3, -0.25) is 0 Å². The van der Waals surface area contributed by atoms with E-state index in [1.807, 2.05) is 50.4 Å². The Kier molecular flexibility index (Phi) is 4.16. The van der Waals surface area contributed by atoms with Crippen molar-refractivity contribution in [3.63, 3.8) is 0 Å². The van der Waals surface area contributed by atoms with Crippen LogP contribution in [0.1, 0.15) is 29.8 Å². The summed E-state index contributed by atoms with van der Waals surface area (Å²) in [6.07, 6.45) is 2.81. The van der Waals surface area contributed by atoms with E-state index in [0.29, 0.717) is 5.56 Å². The number of hydrogen-bond acceptors (Lipinski definition) is 3. The van der Waals surface area contributed by atoms with Crippen molar-refractivity contribution in [2.45, 2.75) is 25.8 Å². The van der Waals surface area contributed by atoms with Crippen LogP contribution in [0.3, 0.4) is 0 Å². The van der Waals surface area contributed by atoms with Crippen molar-refractivity contribution in [1.82, 2.24) is 4.98 Å². The minimum absolute atomic E-state index is 0.268. The maximum absolute atomic E-state index is 11.8. The van der Waals surface area contributed by atoms with Gasteiger partial charge < -0.3 is 15.5 Å². The highest BCUT2D eigenvalue weighted by molar-refractivity contribution is 5.98. The molecule has 0 aliphatic rings. The maximum Gasteiger partial charge on any atom is 0.337 e. The monoisotopic (exact) mass is 322 g/mol. The van der Waals surface area contributed by atoms with Gasteiger partial charge in [0.1, 0.15) is 0 Å². The van der Waals surface area contributed by atoms with Gasteiger partial charge in [-0.1, -0.05) is 30.3 Å². The van der Waals surface area contributed by atoms with E-state index < -0.39 is 0 Å². The highest BCUT2D eigenvalue weighted by atomic mass is 16.5. The number of nitrogens with one attached hydrogen (secondary N) is 1. The molecule has 4 nitrogen and oxygen atoms in total. The molecule has 24 heavy (non-hydrogen) atoms. The van der Waals surface area contributed by atoms with Gasteiger partial charge in [0.2, 0.25) is 0 Å². The third-order valence-corrected chi connectivity index (χ3v) is 4.04. The Morgan fingerprint density at radius 2 is 1.96 bits per heavy atom. The summed E-state index contributed by atoms with van der Waals surface area (Å²) in [4.78, 5) is 15.1. The number of fused-ring (bicyclic) bond motifs is 1. The zero-order chi connectivity index (χ0) is 17.3. The predicted octanol–water partition coefficient (Wildman–Crippen LogP) is 3.90. The van der Waals surface area contributed by atoms with Crippen LogP contribution in [-0.2, 0) is 11.2 Å². The Morgan fingerprint density at radius 3 is 2.67 bits per heavy atom. The molecule has 0 spiro atoms. The summed E-state index contributed by atoms with van der Waals surface area (Å²) < 4.78 is 4.81. The number of aromatic amines is 1. The zero-order valence-corrected chi connectivity index (χ0v) is 14.2. The number of nitrogens with two attached hydrogens (primary N) is 1. The number of rotatable bonds is 4. The normalized spacial score (nSPS) is 11.7. The number of carbonyl (C=O) groups excluding carboxylic acids is 1. The summed E-state index contributed by atoms with van der Waals surface area (Å²) in [6.45, 7) is 4.05. The molecule has 3 aromatic rings. The second-order valence-electron chi connectivity index (χ2n) is 6.78. The second kappa shape index (κ2) is 6.13. The van der Waals surface area contributed by atoms with Gasteiger partial charge in [-0.15, -0.1) is 0 Å². The van der Waals surface area contributed by atoms with Gasteiger partial charge in [0.05, 0.1) is 18.2 Å². The third-order valence-electron chi connectivity index (χ3n) is 4.04. The lowest BCUT2D eigenvalue weighted by molar-refractivity contribution is 0.0601. The number of carbonyl (C=O) groups is 1. The quantitative estimate of drug-likeness (QED) is 0.716. The topological polar surface area (TPSA) is 68.1 Å². The molecular formula is C20H22N2O2. The molecule has 0 unspecified atom stereocenters. The Labute approximate surface area is 141 Å². The molecule has 3 N–H and O–H groups in total. The number of para-hydroxylation sites is 1. The standard InChI is InChI=1S/C20H22N2O2/c1-20(2,21)11-15-12-22-18-16(8-5-9-17(15)18)13-6-4-7-14(10-13)19(23)24-3/h4-10,12,22H,11,21H2,1-3H3.